The van der Waals surface area contributed by atoms with Gasteiger partial charge in [0, 0.05) is 0 Å². The smallest absolute Gasteiger partial charge is 0.0125 e. The van der Waals surface area contributed by atoms with E-state index in [4.69, 9.17) is 0 Å². The maximum Gasteiger partial charge on any atom is -0.0125 e. The molecule has 4 saturated carbocycles. The van der Waals surface area contributed by atoms with E-state index >= 15 is 0 Å². The van der Waals surface area contributed by atoms with Gasteiger partial charge in [-0.1, -0.05) is 43.8 Å². The summed E-state index contributed by atoms with van der Waals surface area (Å²) in [4.78, 5) is 0. The molecule has 0 amide bonds. The van der Waals surface area contributed by atoms with Gasteiger partial charge >= 0.3 is 0 Å². The summed E-state index contributed by atoms with van der Waals surface area (Å²) in [7, 11) is 0. The summed E-state index contributed by atoms with van der Waals surface area (Å²) in [5, 5.41) is 0. The molecule has 29 heavy (non-hydrogen) atoms. The summed E-state index contributed by atoms with van der Waals surface area (Å²) in [6, 6.07) is 14.4. The second-order valence-electron chi connectivity index (χ2n) is 10.8. The van der Waals surface area contributed by atoms with Gasteiger partial charge in [-0.15, -0.1) is 0 Å². The quantitative estimate of drug-likeness (QED) is 0.463. The maximum absolute atomic E-state index is 2.52. The van der Waals surface area contributed by atoms with E-state index in [1.54, 1.807) is 16.7 Å². The monoisotopic (exact) mass is 386 g/mol. The Kier molecular flexibility index (Phi) is 4.50. The highest BCUT2D eigenvalue weighted by atomic mass is 14.7. The fourth-order valence-electron chi connectivity index (χ4n) is 8.51. The van der Waals surface area contributed by atoms with Gasteiger partial charge in [-0.3, -0.25) is 0 Å². The Morgan fingerprint density at radius 3 is 2.00 bits per heavy atom. The standard InChI is InChI=1S/C28H34.CH4/c1-15-8-9-19(10-17(15)3)23-11-20-13-25(23)27-21-12-24(26(14-21)28(20)27)22-7-5-6-16(2)18(22)4;/h5-10,20-21,23-28H,11-14H2,1-4H3;1H4. The summed E-state index contributed by atoms with van der Waals surface area (Å²) < 4.78 is 0. The first-order valence-electron chi connectivity index (χ1n) is 11.7. The van der Waals surface area contributed by atoms with Crippen molar-refractivity contribution in [3.8, 4) is 0 Å². The molecule has 0 N–H and O–H groups in total. The highest BCUT2D eigenvalue weighted by Gasteiger charge is 2.64. The van der Waals surface area contributed by atoms with Crippen LogP contribution in [0.2, 0.25) is 0 Å². The van der Waals surface area contributed by atoms with E-state index in [0.29, 0.717) is 0 Å². The van der Waals surface area contributed by atoms with Crippen LogP contribution >= 0.6 is 0 Å². The summed E-state index contributed by atoms with van der Waals surface area (Å²) in [6.45, 7) is 9.20. The predicted molar refractivity (Wildman–Crippen MR) is 123 cm³/mol. The van der Waals surface area contributed by atoms with Crippen molar-refractivity contribution in [2.24, 2.45) is 35.5 Å². The molecule has 4 fully saturated rings. The minimum absolute atomic E-state index is 0. The van der Waals surface area contributed by atoms with Gasteiger partial charge in [-0.2, -0.15) is 0 Å². The third-order valence-electron chi connectivity index (χ3n) is 9.82. The third-order valence-corrected chi connectivity index (χ3v) is 9.82. The van der Waals surface area contributed by atoms with Gasteiger partial charge in [0.2, 0.25) is 0 Å². The fraction of sp³-hybridized carbons (Fsp3) is 0.586. The van der Waals surface area contributed by atoms with Gasteiger partial charge in [0.25, 0.3) is 0 Å². The van der Waals surface area contributed by atoms with Gasteiger partial charge < -0.3 is 0 Å². The Balaban J connectivity index is 0.00000181. The topological polar surface area (TPSA) is 0 Å². The summed E-state index contributed by atoms with van der Waals surface area (Å²) in [6.07, 6.45) is 6.00. The molecule has 4 aliphatic carbocycles. The first-order chi connectivity index (χ1) is 13.5. The van der Waals surface area contributed by atoms with Gasteiger partial charge in [0.1, 0.15) is 0 Å². The van der Waals surface area contributed by atoms with E-state index in [0.717, 1.165) is 47.3 Å². The molecule has 2 aromatic carbocycles. The van der Waals surface area contributed by atoms with Gasteiger partial charge in [0.15, 0.2) is 0 Å². The highest BCUT2D eigenvalue weighted by Crippen LogP contribution is 2.73. The SMILES string of the molecule is C.Cc1ccc(C2CC3CC2C2C4CC(c5cccc(C)c5C)C(C4)C32)cc1C. The van der Waals surface area contributed by atoms with Crippen LogP contribution in [0.5, 0.6) is 0 Å². The average Bonchev–Trinajstić information content (AvgIpc) is 3.44. The Morgan fingerprint density at radius 1 is 0.655 bits per heavy atom. The van der Waals surface area contributed by atoms with Gasteiger partial charge in [-0.05, 0) is 134 Å². The largest absolute Gasteiger partial charge is 0.0776 e. The predicted octanol–water partition coefficient (Wildman–Crippen LogP) is 7.74. The second kappa shape index (κ2) is 6.73. The average molecular weight is 387 g/mol. The lowest BCUT2D eigenvalue weighted by Crippen LogP contribution is -2.34. The van der Waals surface area contributed by atoms with E-state index in [9.17, 15) is 0 Å². The molecule has 8 atom stereocenters. The zero-order chi connectivity index (χ0) is 19.2. The Bertz CT molecular complexity index is 937. The molecule has 0 nitrogen and oxygen atoms in total. The maximum atomic E-state index is 2.52. The van der Waals surface area contributed by atoms with Gasteiger partial charge in [-0.25, -0.2) is 0 Å². The fourth-order valence-corrected chi connectivity index (χ4v) is 8.51. The van der Waals surface area contributed by atoms with Crippen molar-refractivity contribution >= 4 is 0 Å². The van der Waals surface area contributed by atoms with Crippen molar-refractivity contribution in [1.82, 2.24) is 0 Å². The first kappa shape index (κ1) is 19.4. The lowest BCUT2D eigenvalue weighted by molar-refractivity contribution is 0.117. The number of hydrogen-bond acceptors (Lipinski definition) is 0. The minimum atomic E-state index is 0. The van der Waals surface area contributed by atoms with E-state index in [-0.39, 0.29) is 7.43 Å². The first-order valence-corrected chi connectivity index (χ1v) is 11.7. The van der Waals surface area contributed by atoms with Crippen LogP contribution in [0.15, 0.2) is 36.4 Å². The Morgan fingerprint density at radius 2 is 1.31 bits per heavy atom. The molecule has 0 aromatic heterocycles. The molecule has 2 aromatic rings. The van der Waals surface area contributed by atoms with E-state index in [1.165, 1.54) is 42.4 Å². The number of rotatable bonds is 2. The van der Waals surface area contributed by atoms with Crippen LogP contribution in [-0.2, 0) is 0 Å². The molecule has 154 valence electrons. The van der Waals surface area contributed by atoms with Crippen LogP contribution in [0.25, 0.3) is 0 Å². The molecule has 0 aliphatic heterocycles. The molecule has 6 rings (SSSR count). The highest BCUT2D eigenvalue weighted by molar-refractivity contribution is 5.39. The van der Waals surface area contributed by atoms with Crippen molar-refractivity contribution in [1.29, 1.82) is 0 Å². The minimum Gasteiger partial charge on any atom is -0.0776 e. The van der Waals surface area contributed by atoms with Crippen LogP contribution in [-0.4, -0.2) is 0 Å². The van der Waals surface area contributed by atoms with Crippen molar-refractivity contribution in [3.05, 3.63) is 69.8 Å². The molecular weight excluding hydrogens is 348 g/mol. The molecule has 0 heterocycles. The van der Waals surface area contributed by atoms with E-state index < -0.39 is 0 Å². The van der Waals surface area contributed by atoms with Crippen molar-refractivity contribution in [2.45, 2.75) is 72.6 Å². The summed E-state index contributed by atoms with van der Waals surface area (Å²) >= 11 is 0. The summed E-state index contributed by atoms with van der Waals surface area (Å²) in [5.41, 5.74) is 9.34. The number of benzene rings is 2. The van der Waals surface area contributed by atoms with Crippen molar-refractivity contribution in [2.75, 3.05) is 0 Å². The van der Waals surface area contributed by atoms with Gasteiger partial charge in [0.05, 0.1) is 0 Å². The second-order valence-corrected chi connectivity index (χ2v) is 10.8. The normalized spacial score (nSPS) is 38.9. The molecule has 8 unspecified atom stereocenters. The third kappa shape index (κ3) is 2.63. The molecule has 4 bridgehead atoms. The molecular formula is C29H38. The molecule has 0 radical (unpaired) electrons. The zero-order valence-corrected chi connectivity index (χ0v) is 17.9. The van der Waals surface area contributed by atoms with Crippen LogP contribution in [0.4, 0.5) is 0 Å². The lowest BCUT2D eigenvalue weighted by Gasteiger charge is -2.42. The Hall–Kier alpha value is -1.56. The van der Waals surface area contributed by atoms with Crippen LogP contribution in [0, 0.1) is 63.2 Å². The molecule has 4 aliphatic rings. The van der Waals surface area contributed by atoms with E-state index in [2.05, 4.69) is 64.1 Å². The van der Waals surface area contributed by atoms with Crippen LogP contribution in [0.3, 0.4) is 0 Å². The summed E-state index contributed by atoms with van der Waals surface area (Å²) in [5.74, 6) is 7.74. The van der Waals surface area contributed by atoms with Crippen molar-refractivity contribution < 1.29 is 0 Å². The number of aryl methyl sites for hydroxylation is 3. The van der Waals surface area contributed by atoms with Crippen molar-refractivity contribution in [3.63, 3.8) is 0 Å². The van der Waals surface area contributed by atoms with Crippen LogP contribution < -0.4 is 0 Å². The Labute approximate surface area is 178 Å². The number of fused-ring (bicyclic) bond motifs is 9. The number of hydrogen-bond donors (Lipinski definition) is 0. The van der Waals surface area contributed by atoms with Crippen LogP contribution in [0.1, 0.15) is 78.3 Å². The molecule has 0 spiro atoms. The lowest BCUT2D eigenvalue weighted by atomic mass is 9.62. The molecule has 0 saturated heterocycles. The molecule has 0 heteroatoms. The van der Waals surface area contributed by atoms with E-state index in [1.807, 2.05) is 0 Å². The zero-order valence-electron chi connectivity index (χ0n) is 17.9.